The lowest BCUT2D eigenvalue weighted by Crippen LogP contribution is -1.98. The van der Waals surface area contributed by atoms with Crippen LogP contribution in [0.15, 0.2) is 34.8 Å². The van der Waals surface area contributed by atoms with Gasteiger partial charge < -0.3 is 4.74 Å². The summed E-state index contributed by atoms with van der Waals surface area (Å²) in [4.78, 5) is 1.95. The minimum Gasteiger partial charge on any atom is -0.493 e. The van der Waals surface area contributed by atoms with Gasteiger partial charge in [-0.15, -0.1) is 0 Å². The molecule has 0 radical (unpaired) electrons. The van der Waals surface area contributed by atoms with Gasteiger partial charge in [0, 0.05) is 6.42 Å². The van der Waals surface area contributed by atoms with Crippen LogP contribution in [0.2, 0.25) is 0 Å². The zero-order chi connectivity index (χ0) is 12.0. The lowest BCUT2D eigenvalue weighted by molar-refractivity contribution is 0.321. The van der Waals surface area contributed by atoms with Crippen molar-refractivity contribution in [3.8, 4) is 5.75 Å². The Morgan fingerprint density at radius 2 is 2.19 bits per heavy atom. The molecule has 1 aromatic rings. The zero-order valence-electron chi connectivity index (χ0n) is 10.2. The Balaban J connectivity index is 2.51. The van der Waals surface area contributed by atoms with Gasteiger partial charge in [-0.2, -0.15) is 0 Å². The monoisotopic (exact) mass is 282 g/mol. The summed E-state index contributed by atoms with van der Waals surface area (Å²) in [5, 5.41) is 0. The molecule has 0 heterocycles. The Kier molecular flexibility index (Phi) is 5.61. The predicted molar refractivity (Wildman–Crippen MR) is 73.3 cm³/mol. The SMILES string of the molecule is CC(=CBr)CCOc1cccc(C(C)C)c1. The molecule has 0 saturated heterocycles. The molecule has 0 saturated carbocycles. The van der Waals surface area contributed by atoms with Crippen LogP contribution < -0.4 is 4.74 Å². The summed E-state index contributed by atoms with van der Waals surface area (Å²) in [5.41, 5.74) is 2.62. The average molecular weight is 283 g/mol. The first kappa shape index (κ1) is 13.3. The molecule has 0 spiro atoms. The molecule has 2 heteroatoms. The summed E-state index contributed by atoms with van der Waals surface area (Å²) in [6.07, 6.45) is 0.956. The van der Waals surface area contributed by atoms with Crippen molar-refractivity contribution >= 4 is 15.9 Å². The van der Waals surface area contributed by atoms with Gasteiger partial charge in [-0.3, -0.25) is 0 Å². The van der Waals surface area contributed by atoms with E-state index in [9.17, 15) is 0 Å². The number of rotatable bonds is 5. The second kappa shape index (κ2) is 6.74. The molecule has 0 aliphatic heterocycles. The van der Waals surface area contributed by atoms with Crippen LogP contribution >= 0.6 is 15.9 Å². The topological polar surface area (TPSA) is 9.23 Å². The third-order valence-corrected chi connectivity index (χ3v) is 3.26. The summed E-state index contributed by atoms with van der Waals surface area (Å²) >= 11 is 3.31. The Labute approximate surface area is 107 Å². The van der Waals surface area contributed by atoms with E-state index in [-0.39, 0.29) is 0 Å². The molecule has 0 amide bonds. The van der Waals surface area contributed by atoms with Crippen LogP contribution in [0.3, 0.4) is 0 Å². The Hall–Kier alpha value is -0.760. The minimum absolute atomic E-state index is 0.549. The average Bonchev–Trinajstić information content (AvgIpc) is 2.29. The highest BCUT2D eigenvalue weighted by Crippen LogP contribution is 2.20. The molecule has 88 valence electrons. The lowest BCUT2D eigenvalue weighted by Gasteiger charge is -2.09. The number of halogens is 1. The molecule has 0 unspecified atom stereocenters. The molecule has 0 atom stereocenters. The predicted octanol–water partition coefficient (Wildman–Crippen LogP) is 4.88. The number of hydrogen-bond acceptors (Lipinski definition) is 1. The van der Waals surface area contributed by atoms with Crippen molar-refractivity contribution < 1.29 is 4.74 Å². The molecule has 0 aromatic heterocycles. The van der Waals surface area contributed by atoms with E-state index in [1.54, 1.807) is 0 Å². The Bertz CT molecular complexity index is 356. The minimum atomic E-state index is 0.549. The van der Waals surface area contributed by atoms with Crippen LogP contribution in [-0.2, 0) is 0 Å². The number of benzene rings is 1. The standard InChI is InChI=1S/C14H19BrO/c1-11(2)13-5-4-6-14(9-13)16-8-7-12(3)10-15/h4-6,9-11H,7-8H2,1-3H3. The maximum Gasteiger partial charge on any atom is 0.119 e. The van der Waals surface area contributed by atoms with Gasteiger partial charge in [0.15, 0.2) is 0 Å². The summed E-state index contributed by atoms with van der Waals surface area (Å²) < 4.78 is 5.71. The van der Waals surface area contributed by atoms with Gasteiger partial charge in [-0.05, 0) is 35.5 Å². The van der Waals surface area contributed by atoms with E-state index in [1.807, 2.05) is 11.1 Å². The molecule has 0 aliphatic carbocycles. The molecule has 16 heavy (non-hydrogen) atoms. The maximum absolute atomic E-state index is 5.71. The van der Waals surface area contributed by atoms with Gasteiger partial charge in [-0.1, -0.05) is 47.5 Å². The molecule has 0 fully saturated rings. The summed E-state index contributed by atoms with van der Waals surface area (Å²) in [6, 6.07) is 8.33. The zero-order valence-corrected chi connectivity index (χ0v) is 11.8. The first-order chi connectivity index (χ1) is 7.63. The number of hydrogen-bond donors (Lipinski definition) is 0. The highest BCUT2D eigenvalue weighted by Gasteiger charge is 2.00. The van der Waals surface area contributed by atoms with Crippen molar-refractivity contribution in [2.45, 2.75) is 33.1 Å². The smallest absolute Gasteiger partial charge is 0.119 e. The normalized spacial score (nSPS) is 11.9. The molecule has 1 aromatic carbocycles. The summed E-state index contributed by atoms with van der Waals surface area (Å²) in [6.45, 7) is 7.20. The lowest BCUT2D eigenvalue weighted by atomic mass is 10.0. The van der Waals surface area contributed by atoms with Crippen LogP contribution in [0, 0.1) is 0 Å². The fraction of sp³-hybridized carbons (Fsp3) is 0.429. The maximum atomic E-state index is 5.71. The quantitative estimate of drug-likeness (QED) is 0.748. The van der Waals surface area contributed by atoms with Crippen LogP contribution in [0.1, 0.15) is 38.7 Å². The van der Waals surface area contributed by atoms with Crippen molar-refractivity contribution in [2.75, 3.05) is 6.61 Å². The third kappa shape index (κ3) is 4.40. The van der Waals surface area contributed by atoms with Crippen molar-refractivity contribution in [3.05, 3.63) is 40.4 Å². The second-order valence-corrected chi connectivity index (χ2v) is 4.74. The van der Waals surface area contributed by atoms with Gasteiger partial charge in [0.1, 0.15) is 5.75 Å². The largest absolute Gasteiger partial charge is 0.493 e. The van der Waals surface area contributed by atoms with Gasteiger partial charge >= 0.3 is 0 Å². The van der Waals surface area contributed by atoms with E-state index in [1.165, 1.54) is 11.1 Å². The van der Waals surface area contributed by atoms with E-state index in [4.69, 9.17) is 4.74 Å². The van der Waals surface area contributed by atoms with Crippen molar-refractivity contribution in [1.29, 1.82) is 0 Å². The molecule has 1 nitrogen and oxygen atoms in total. The van der Waals surface area contributed by atoms with Crippen molar-refractivity contribution in [1.82, 2.24) is 0 Å². The van der Waals surface area contributed by atoms with E-state index in [2.05, 4.69) is 54.9 Å². The Morgan fingerprint density at radius 1 is 1.44 bits per heavy atom. The van der Waals surface area contributed by atoms with Crippen molar-refractivity contribution in [2.24, 2.45) is 0 Å². The van der Waals surface area contributed by atoms with E-state index in [0.29, 0.717) is 5.92 Å². The number of ether oxygens (including phenoxy) is 1. The van der Waals surface area contributed by atoms with E-state index < -0.39 is 0 Å². The van der Waals surface area contributed by atoms with Crippen LogP contribution in [0.25, 0.3) is 0 Å². The Morgan fingerprint density at radius 3 is 2.81 bits per heavy atom. The van der Waals surface area contributed by atoms with Gasteiger partial charge in [0.2, 0.25) is 0 Å². The highest BCUT2D eigenvalue weighted by atomic mass is 79.9. The molecule has 0 bridgehead atoms. The van der Waals surface area contributed by atoms with Gasteiger partial charge in [0.05, 0.1) is 6.61 Å². The van der Waals surface area contributed by atoms with E-state index >= 15 is 0 Å². The highest BCUT2D eigenvalue weighted by molar-refractivity contribution is 9.11. The van der Waals surface area contributed by atoms with Crippen LogP contribution in [0.4, 0.5) is 0 Å². The summed E-state index contributed by atoms with van der Waals surface area (Å²) in [5.74, 6) is 1.52. The molecule has 0 N–H and O–H groups in total. The van der Waals surface area contributed by atoms with Crippen LogP contribution in [0.5, 0.6) is 5.75 Å². The van der Waals surface area contributed by atoms with Gasteiger partial charge in [0.25, 0.3) is 0 Å². The molecule has 0 aliphatic rings. The van der Waals surface area contributed by atoms with Gasteiger partial charge in [-0.25, -0.2) is 0 Å². The first-order valence-corrected chi connectivity index (χ1v) is 6.53. The van der Waals surface area contributed by atoms with E-state index in [0.717, 1.165) is 18.8 Å². The third-order valence-electron chi connectivity index (χ3n) is 2.48. The fourth-order valence-electron chi connectivity index (χ4n) is 1.35. The molecular formula is C14H19BrO. The fourth-order valence-corrected chi connectivity index (χ4v) is 1.58. The molecular weight excluding hydrogens is 264 g/mol. The van der Waals surface area contributed by atoms with Crippen molar-refractivity contribution in [3.63, 3.8) is 0 Å². The summed E-state index contributed by atoms with van der Waals surface area (Å²) in [7, 11) is 0. The van der Waals surface area contributed by atoms with Crippen LogP contribution in [-0.4, -0.2) is 6.61 Å². The first-order valence-electron chi connectivity index (χ1n) is 5.62. The molecule has 1 rings (SSSR count). The second-order valence-electron chi connectivity index (χ2n) is 4.28.